The zero-order chi connectivity index (χ0) is 15.6. The summed E-state index contributed by atoms with van der Waals surface area (Å²) in [4.78, 5) is 4.40. The lowest BCUT2D eigenvalue weighted by Crippen LogP contribution is -2.26. The van der Waals surface area contributed by atoms with E-state index >= 15 is 0 Å². The van der Waals surface area contributed by atoms with Crippen LogP contribution in [0.5, 0.6) is 5.75 Å². The second-order valence-corrected chi connectivity index (χ2v) is 7.93. The van der Waals surface area contributed by atoms with Gasteiger partial charge in [0.1, 0.15) is 5.75 Å². The van der Waals surface area contributed by atoms with Crippen molar-refractivity contribution in [3.63, 3.8) is 0 Å². The molecule has 0 fully saturated rings. The lowest BCUT2D eigenvalue weighted by atomic mass is 10.3. The number of thiazole rings is 1. The summed E-state index contributed by atoms with van der Waals surface area (Å²) < 4.78 is 31.3. The molecule has 0 spiro atoms. The van der Waals surface area contributed by atoms with E-state index in [1.807, 2.05) is 12.3 Å². The van der Waals surface area contributed by atoms with E-state index in [1.165, 1.54) is 48.0 Å². The summed E-state index contributed by atoms with van der Waals surface area (Å²) in [6.07, 6.45) is 0. The van der Waals surface area contributed by atoms with Crippen LogP contribution >= 0.6 is 22.9 Å². The molecule has 1 heterocycles. The van der Waals surface area contributed by atoms with E-state index in [9.17, 15) is 8.42 Å². The average Bonchev–Trinajstić information content (AvgIpc) is 2.83. The summed E-state index contributed by atoms with van der Waals surface area (Å²) in [6.45, 7) is 2.10. The van der Waals surface area contributed by atoms with Crippen LogP contribution in [0.4, 0.5) is 0 Å². The van der Waals surface area contributed by atoms with E-state index in [1.54, 1.807) is 0 Å². The van der Waals surface area contributed by atoms with Crippen molar-refractivity contribution < 1.29 is 13.2 Å². The molecule has 2 aromatic rings. The van der Waals surface area contributed by atoms with Gasteiger partial charge >= 0.3 is 0 Å². The maximum Gasteiger partial charge on any atom is 0.243 e. The third-order valence-electron chi connectivity index (χ3n) is 2.88. The van der Waals surface area contributed by atoms with Gasteiger partial charge in [-0.3, -0.25) is 0 Å². The molecule has 21 heavy (non-hydrogen) atoms. The average molecular weight is 347 g/mol. The number of hydrogen-bond donors (Lipinski definition) is 0. The van der Waals surface area contributed by atoms with Gasteiger partial charge in [-0.05, 0) is 25.1 Å². The summed E-state index contributed by atoms with van der Waals surface area (Å²) in [7, 11) is -0.623. The molecular formula is C13H15ClN2O3S2. The molecule has 0 N–H and O–H groups in total. The van der Waals surface area contributed by atoms with Gasteiger partial charge < -0.3 is 4.74 Å². The topological polar surface area (TPSA) is 59.5 Å². The minimum absolute atomic E-state index is 0.128. The predicted molar refractivity (Wildman–Crippen MR) is 83.5 cm³/mol. The van der Waals surface area contributed by atoms with Crippen LogP contribution in [0.25, 0.3) is 0 Å². The first-order chi connectivity index (χ1) is 9.84. The van der Waals surface area contributed by atoms with Gasteiger partial charge in [-0.15, -0.1) is 11.3 Å². The Morgan fingerprint density at radius 3 is 2.67 bits per heavy atom. The molecule has 0 atom stereocenters. The quantitative estimate of drug-likeness (QED) is 0.835. The molecule has 0 bridgehead atoms. The molecule has 1 aromatic carbocycles. The molecule has 0 aliphatic heterocycles. The Hall–Kier alpha value is -1.15. The third-order valence-corrected chi connectivity index (χ3v) is 5.80. The van der Waals surface area contributed by atoms with Crippen LogP contribution in [-0.2, 0) is 16.6 Å². The maximum atomic E-state index is 12.5. The molecule has 0 unspecified atom stereocenters. The number of methoxy groups -OCH3 is 1. The highest BCUT2D eigenvalue weighted by Crippen LogP contribution is 2.28. The van der Waals surface area contributed by atoms with E-state index in [0.29, 0.717) is 5.75 Å². The number of nitrogens with zero attached hydrogens (tertiary/aromatic N) is 2. The number of aryl methyl sites for hydroxylation is 1. The molecule has 0 saturated heterocycles. The molecular weight excluding hydrogens is 332 g/mol. The van der Waals surface area contributed by atoms with Gasteiger partial charge in [0, 0.05) is 12.4 Å². The molecule has 0 saturated carbocycles. The fourth-order valence-electron chi connectivity index (χ4n) is 1.78. The molecule has 0 radical (unpaired) electrons. The van der Waals surface area contributed by atoms with Crippen LogP contribution < -0.4 is 4.74 Å². The van der Waals surface area contributed by atoms with Crippen molar-refractivity contribution in [1.29, 1.82) is 0 Å². The van der Waals surface area contributed by atoms with Crippen molar-refractivity contribution in [2.75, 3.05) is 14.2 Å². The molecule has 5 nitrogen and oxygen atoms in total. The van der Waals surface area contributed by atoms with Crippen molar-refractivity contribution in [1.82, 2.24) is 9.29 Å². The van der Waals surface area contributed by atoms with Gasteiger partial charge in [0.15, 0.2) is 0 Å². The van der Waals surface area contributed by atoms with Crippen LogP contribution in [0.2, 0.25) is 5.02 Å². The van der Waals surface area contributed by atoms with E-state index in [-0.39, 0.29) is 16.5 Å². The van der Waals surface area contributed by atoms with Gasteiger partial charge in [-0.1, -0.05) is 11.6 Å². The van der Waals surface area contributed by atoms with Crippen molar-refractivity contribution in [3.05, 3.63) is 39.3 Å². The van der Waals surface area contributed by atoms with E-state index in [2.05, 4.69) is 4.98 Å². The van der Waals surface area contributed by atoms with E-state index < -0.39 is 10.0 Å². The zero-order valence-electron chi connectivity index (χ0n) is 11.8. The number of aromatic nitrogens is 1. The van der Waals surface area contributed by atoms with Gasteiger partial charge in [0.2, 0.25) is 10.0 Å². The Kier molecular flexibility index (Phi) is 4.88. The van der Waals surface area contributed by atoms with E-state index in [4.69, 9.17) is 16.3 Å². The van der Waals surface area contributed by atoms with Crippen LogP contribution in [0.15, 0.2) is 28.5 Å². The van der Waals surface area contributed by atoms with Crippen molar-refractivity contribution in [2.24, 2.45) is 0 Å². The summed E-state index contributed by atoms with van der Waals surface area (Å²) >= 11 is 7.48. The second kappa shape index (κ2) is 6.31. The van der Waals surface area contributed by atoms with Crippen LogP contribution in [0.3, 0.4) is 0 Å². The number of benzene rings is 1. The molecule has 0 aliphatic carbocycles. The zero-order valence-corrected chi connectivity index (χ0v) is 14.2. The monoisotopic (exact) mass is 346 g/mol. The second-order valence-electron chi connectivity index (χ2n) is 4.42. The van der Waals surface area contributed by atoms with Crippen molar-refractivity contribution >= 4 is 33.0 Å². The summed E-state index contributed by atoms with van der Waals surface area (Å²) in [5, 5.41) is 3.02. The van der Waals surface area contributed by atoms with Gasteiger partial charge in [0.25, 0.3) is 0 Å². The fourth-order valence-corrected chi connectivity index (χ4v) is 3.88. The van der Waals surface area contributed by atoms with Gasteiger partial charge in [-0.2, -0.15) is 4.31 Å². The van der Waals surface area contributed by atoms with Crippen LogP contribution in [-0.4, -0.2) is 31.9 Å². The predicted octanol–water partition coefficient (Wildman–Crippen LogP) is 2.93. The first kappa shape index (κ1) is 16.2. The molecule has 114 valence electrons. The smallest absolute Gasteiger partial charge is 0.243 e. The van der Waals surface area contributed by atoms with Crippen LogP contribution in [0.1, 0.15) is 10.7 Å². The molecule has 0 aliphatic rings. The number of ether oxygens (including phenoxy) is 1. The SMILES string of the molecule is COc1ccc(S(=O)(=O)N(C)Cc2csc(C)n2)cc1Cl. The lowest BCUT2D eigenvalue weighted by molar-refractivity contribution is 0.414. The Bertz CT molecular complexity index is 744. The van der Waals surface area contributed by atoms with Crippen molar-refractivity contribution in [3.8, 4) is 5.75 Å². The highest BCUT2D eigenvalue weighted by atomic mass is 35.5. The Labute approximate surface area is 133 Å². The highest BCUT2D eigenvalue weighted by Gasteiger charge is 2.22. The number of hydrogen-bond acceptors (Lipinski definition) is 5. The Balaban J connectivity index is 2.26. The Morgan fingerprint density at radius 1 is 1.43 bits per heavy atom. The van der Waals surface area contributed by atoms with Crippen molar-refractivity contribution in [2.45, 2.75) is 18.4 Å². The van der Waals surface area contributed by atoms with Gasteiger partial charge in [-0.25, -0.2) is 13.4 Å². The minimum atomic E-state index is -3.62. The van der Waals surface area contributed by atoms with E-state index in [0.717, 1.165) is 10.7 Å². The standard InChI is InChI=1S/C13H15ClN2O3S2/c1-9-15-10(8-20-9)7-16(2)21(17,18)11-4-5-13(19-3)12(14)6-11/h4-6,8H,7H2,1-3H3. The summed E-state index contributed by atoms with van der Waals surface area (Å²) in [5.74, 6) is 0.438. The molecule has 8 heteroatoms. The first-order valence-corrected chi connectivity index (χ1v) is 8.75. The molecule has 1 aromatic heterocycles. The number of sulfonamides is 1. The highest BCUT2D eigenvalue weighted by molar-refractivity contribution is 7.89. The first-order valence-electron chi connectivity index (χ1n) is 6.05. The molecule has 2 rings (SSSR count). The number of rotatable bonds is 5. The minimum Gasteiger partial charge on any atom is -0.495 e. The van der Waals surface area contributed by atoms with Crippen LogP contribution in [0, 0.1) is 6.92 Å². The largest absolute Gasteiger partial charge is 0.495 e. The molecule has 0 amide bonds. The maximum absolute atomic E-state index is 12.5. The fraction of sp³-hybridized carbons (Fsp3) is 0.308. The summed E-state index contributed by atoms with van der Waals surface area (Å²) in [6, 6.07) is 4.40. The summed E-state index contributed by atoms with van der Waals surface area (Å²) in [5.41, 5.74) is 0.725. The van der Waals surface area contributed by atoms with Gasteiger partial charge in [0.05, 0.1) is 34.3 Å². The number of halogens is 1. The lowest BCUT2D eigenvalue weighted by Gasteiger charge is -2.16. The normalized spacial score (nSPS) is 11.9. The Morgan fingerprint density at radius 2 is 2.14 bits per heavy atom. The third kappa shape index (κ3) is 3.55.